The third-order valence-corrected chi connectivity index (χ3v) is 6.69. The van der Waals surface area contributed by atoms with Crippen LogP contribution in [0.2, 0.25) is 0 Å². The molecule has 0 bridgehead atoms. The van der Waals surface area contributed by atoms with Crippen LogP contribution in [0.3, 0.4) is 0 Å². The lowest BCUT2D eigenvalue weighted by Crippen LogP contribution is -2.47. The maximum atomic E-state index is 12.2. The van der Waals surface area contributed by atoms with E-state index in [1.807, 2.05) is 23.5 Å². The number of hydrogen-bond acceptors (Lipinski definition) is 4. The van der Waals surface area contributed by atoms with E-state index in [-0.39, 0.29) is 5.91 Å². The summed E-state index contributed by atoms with van der Waals surface area (Å²) in [6.45, 7) is 0. The molecule has 1 heterocycles. The van der Waals surface area contributed by atoms with Crippen LogP contribution in [0, 0.1) is 11.3 Å². The van der Waals surface area contributed by atoms with Gasteiger partial charge in [0.25, 0.3) is 0 Å². The van der Waals surface area contributed by atoms with Crippen LogP contribution >= 0.6 is 23.5 Å². The molecule has 5 heteroatoms. The predicted octanol–water partition coefficient (Wildman–Crippen LogP) is 2.96. The number of amides is 1. The molecule has 0 aromatic heterocycles. The first-order chi connectivity index (χ1) is 9.24. The zero-order valence-corrected chi connectivity index (χ0v) is 13.0. The molecule has 1 saturated heterocycles. The predicted molar refractivity (Wildman–Crippen MR) is 82.4 cm³/mol. The zero-order valence-electron chi connectivity index (χ0n) is 11.3. The number of rotatable bonds is 3. The molecular weight excluding hydrogens is 276 g/mol. The summed E-state index contributed by atoms with van der Waals surface area (Å²) in [5, 5.41) is 12.9. The van der Waals surface area contributed by atoms with Gasteiger partial charge in [-0.2, -0.15) is 28.8 Å². The largest absolute Gasteiger partial charge is 0.338 e. The molecule has 19 heavy (non-hydrogen) atoms. The van der Waals surface area contributed by atoms with Gasteiger partial charge >= 0.3 is 0 Å². The highest BCUT2D eigenvalue weighted by Crippen LogP contribution is 2.29. The van der Waals surface area contributed by atoms with Gasteiger partial charge in [-0.1, -0.05) is 25.7 Å². The summed E-state index contributed by atoms with van der Waals surface area (Å²) in [5.74, 6) is 3.48. The monoisotopic (exact) mass is 298 g/mol. The second-order valence-corrected chi connectivity index (χ2v) is 7.99. The number of nitrogens with one attached hydrogen (secondary N) is 1. The Morgan fingerprint density at radius 1 is 1.26 bits per heavy atom. The van der Waals surface area contributed by atoms with Crippen molar-refractivity contribution in [3.05, 3.63) is 0 Å². The fraction of sp³-hybridized carbons (Fsp3) is 0.857. The van der Waals surface area contributed by atoms with E-state index in [0.717, 1.165) is 37.2 Å². The molecule has 0 aromatic carbocycles. The Hall–Kier alpha value is -0.340. The summed E-state index contributed by atoms with van der Waals surface area (Å²) in [5.41, 5.74) is -0.583. The van der Waals surface area contributed by atoms with Crippen molar-refractivity contribution in [3.8, 4) is 6.07 Å². The summed E-state index contributed by atoms with van der Waals surface area (Å²) in [7, 11) is 0. The number of thioether (sulfide) groups is 2. The van der Waals surface area contributed by atoms with Crippen molar-refractivity contribution in [3.63, 3.8) is 0 Å². The highest BCUT2D eigenvalue weighted by molar-refractivity contribution is 8.06. The van der Waals surface area contributed by atoms with Crippen LogP contribution in [0.4, 0.5) is 0 Å². The van der Waals surface area contributed by atoms with Crippen molar-refractivity contribution in [2.75, 3.05) is 17.3 Å². The quantitative estimate of drug-likeness (QED) is 0.814. The second kappa shape index (κ2) is 7.44. The first-order valence-corrected chi connectivity index (χ1v) is 9.36. The summed E-state index contributed by atoms with van der Waals surface area (Å²) in [6.07, 6.45) is 6.71. The molecule has 1 aliphatic heterocycles. The molecule has 1 atom stereocenters. The van der Waals surface area contributed by atoms with Gasteiger partial charge in [-0.25, -0.2) is 0 Å². The summed E-state index contributed by atoms with van der Waals surface area (Å²) in [6, 6.07) is 2.38. The van der Waals surface area contributed by atoms with Gasteiger partial charge in [0.2, 0.25) is 5.91 Å². The van der Waals surface area contributed by atoms with E-state index in [0.29, 0.717) is 11.7 Å². The maximum Gasteiger partial charge on any atom is 0.222 e. The number of hydrogen-bond donors (Lipinski definition) is 1. The average Bonchev–Trinajstić information content (AvgIpc) is 2.66. The van der Waals surface area contributed by atoms with E-state index in [4.69, 9.17) is 0 Å². The molecule has 2 rings (SSSR count). The molecule has 0 spiro atoms. The van der Waals surface area contributed by atoms with E-state index in [1.54, 1.807) is 0 Å². The molecule has 2 aliphatic rings. The van der Waals surface area contributed by atoms with Gasteiger partial charge in [0, 0.05) is 28.9 Å². The Kier molecular flexibility index (Phi) is 5.90. The molecule has 1 unspecified atom stereocenters. The SMILES string of the molecule is N#CC1(NC(=O)CC2CSCCS2)CCCCCC1. The van der Waals surface area contributed by atoms with E-state index in [9.17, 15) is 10.1 Å². The summed E-state index contributed by atoms with van der Waals surface area (Å²) >= 11 is 3.83. The van der Waals surface area contributed by atoms with Crippen molar-refractivity contribution in [1.82, 2.24) is 5.32 Å². The van der Waals surface area contributed by atoms with Crippen LogP contribution in [0.15, 0.2) is 0 Å². The van der Waals surface area contributed by atoms with Crippen LogP contribution in [-0.2, 0) is 4.79 Å². The Morgan fingerprint density at radius 3 is 2.58 bits per heavy atom. The van der Waals surface area contributed by atoms with E-state index in [2.05, 4.69) is 11.4 Å². The van der Waals surface area contributed by atoms with Crippen LogP contribution in [0.5, 0.6) is 0 Å². The van der Waals surface area contributed by atoms with Gasteiger partial charge in [-0.05, 0) is 12.8 Å². The molecule has 2 fully saturated rings. The van der Waals surface area contributed by atoms with Gasteiger partial charge in [-0.15, -0.1) is 0 Å². The Morgan fingerprint density at radius 2 is 2.00 bits per heavy atom. The lowest BCUT2D eigenvalue weighted by Gasteiger charge is -2.28. The minimum Gasteiger partial charge on any atom is -0.338 e. The fourth-order valence-electron chi connectivity index (χ4n) is 2.78. The van der Waals surface area contributed by atoms with Gasteiger partial charge < -0.3 is 5.32 Å². The first-order valence-electron chi connectivity index (χ1n) is 7.16. The fourth-order valence-corrected chi connectivity index (χ4v) is 5.46. The molecule has 0 aromatic rings. The van der Waals surface area contributed by atoms with E-state index >= 15 is 0 Å². The third-order valence-electron chi connectivity index (χ3n) is 3.85. The van der Waals surface area contributed by atoms with Crippen molar-refractivity contribution in [2.24, 2.45) is 0 Å². The van der Waals surface area contributed by atoms with Crippen LogP contribution < -0.4 is 5.32 Å². The van der Waals surface area contributed by atoms with Crippen LogP contribution in [0.1, 0.15) is 44.9 Å². The normalized spacial score (nSPS) is 27.0. The number of carbonyl (C=O) groups is 1. The maximum absolute atomic E-state index is 12.2. The van der Waals surface area contributed by atoms with Gasteiger partial charge in [0.05, 0.1) is 6.07 Å². The minimum atomic E-state index is -0.583. The molecule has 1 saturated carbocycles. The van der Waals surface area contributed by atoms with Crippen LogP contribution in [-0.4, -0.2) is 34.0 Å². The molecule has 106 valence electrons. The summed E-state index contributed by atoms with van der Waals surface area (Å²) < 4.78 is 0. The lowest BCUT2D eigenvalue weighted by atomic mass is 9.91. The number of nitrogens with zero attached hydrogens (tertiary/aromatic N) is 1. The first kappa shape index (κ1) is 15.1. The third kappa shape index (κ3) is 4.61. The molecule has 1 N–H and O–H groups in total. The number of carbonyl (C=O) groups excluding carboxylic acids is 1. The Bertz CT molecular complexity index is 340. The Balaban J connectivity index is 1.86. The van der Waals surface area contributed by atoms with Crippen molar-refractivity contribution in [2.45, 2.75) is 55.7 Å². The molecule has 3 nitrogen and oxygen atoms in total. The van der Waals surface area contributed by atoms with Gasteiger partial charge in [0.15, 0.2) is 0 Å². The van der Waals surface area contributed by atoms with Crippen molar-refractivity contribution < 1.29 is 4.79 Å². The van der Waals surface area contributed by atoms with Crippen LogP contribution in [0.25, 0.3) is 0 Å². The average molecular weight is 298 g/mol. The standard InChI is InChI=1S/C14H22N2OS2/c15-11-14(5-3-1-2-4-6-14)16-13(17)9-12-10-18-7-8-19-12/h12H,1-10H2,(H,16,17). The second-order valence-electron chi connectivity index (χ2n) is 5.43. The molecule has 0 radical (unpaired) electrons. The highest BCUT2D eigenvalue weighted by atomic mass is 32.2. The van der Waals surface area contributed by atoms with Crippen molar-refractivity contribution >= 4 is 29.4 Å². The topological polar surface area (TPSA) is 52.9 Å². The summed E-state index contributed by atoms with van der Waals surface area (Å²) in [4.78, 5) is 12.2. The van der Waals surface area contributed by atoms with E-state index < -0.39 is 5.54 Å². The van der Waals surface area contributed by atoms with Gasteiger partial charge in [0.1, 0.15) is 5.54 Å². The molecular formula is C14H22N2OS2. The highest BCUT2D eigenvalue weighted by Gasteiger charge is 2.33. The van der Waals surface area contributed by atoms with Gasteiger partial charge in [-0.3, -0.25) is 4.79 Å². The zero-order chi connectivity index (χ0) is 13.6. The molecule has 1 aliphatic carbocycles. The van der Waals surface area contributed by atoms with E-state index in [1.165, 1.54) is 18.6 Å². The Labute approximate surface area is 124 Å². The lowest BCUT2D eigenvalue weighted by molar-refractivity contribution is -0.122. The minimum absolute atomic E-state index is 0.0726. The van der Waals surface area contributed by atoms with Crippen molar-refractivity contribution in [1.29, 1.82) is 5.26 Å². The smallest absolute Gasteiger partial charge is 0.222 e. The number of nitriles is 1. The molecule has 1 amide bonds.